The van der Waals surface area contributed by atoms with Crippen molar-refractivity contribution >= 4 is 36.1 Å². The van der Waals surface area contributed by atoms with Gasteiger partial charge in [-0.05, 0) is 0 Å². The molecule has 16 heavy (non-hydrogen) atoms. The molecule has 0 radical (unpaired) electrons. The van der Waals surface area contributed by atoms with Gasteiger partial charge in [-0.15, -0.1) is 0 Å². The second kappa shape index (κ2) is 4.24. The molecule has 0 saturated carbocycles. The summed E-state index contributed by atoms with van der Waals surface area (Å²) in [4.78, 5) is 11.7. The zero-order valence-electron chi connectivity index (χ0n) is 9.70. The van der Waals surface area contributed by atoms with Crippen molar-refractivity contribution in [1.82, 2.24) is 0 Å². The van der Waals surface area contributed by atoms with Crippen molar-refractivity contribution in [2.75, 3.05) is 5.32 Å². The maximum absolute atomic E-state index is 11.7. The van der Waals surface area contributed by atoms with Crippen LogP contribution in [0.2, 0.25) is 0 Å². The van der Waals surface area contributed by atoms with Crippen LogP contribution in [0.3, 0.4) is 0 Å². The van der Waals surface area contributed by atoms with E-state index in [-0.39, 0.29) is 11.3 Å². The third kappa shape index (κ3) is 2.48. The van der Waals surface area contributed by atoms with Crippen molar-refractivity contribution in [3.8, 4) is 0 Å². The van der Waals surface area contributed by atoms with Gasteiger partial charge in [-0.3, -0.25) is 0 Å². The molecule has 0 spiro atoms. The quantitative estimate of drug-likeness (QED) is 0.724. The zero-order chi connectivity index (χ0) is 11.8. The first-order chi connectivity index (χ1) is 7.47. The minimum atomic E-state index is -0.435. The Morgan fingerprint density at radius 1 is 1.19 bits per heavy atom. The molecule has 0 aliphatic carbocycles. The number of hydrogen-bond donors (Lipinski definition) is 1. The topological polar surface area (TPSA) is 29.1 Å². The van der Waals surface area contributed by atoms with Crippen LogP contribution in [0.25, 0.3) is 0 Å². The van der Waals surface area contributed by atoms with Crippen molar-refractivity contribution in [3.05, 3.63) is 34.0 Å². The van der Waals surface area contributed by atoms with Gasteiger partial charge in [-0.1, -0.05) is 0 Å². The second-order valence-corrected chi connectivity index (χ2v) is 7.94. The normalized spacial score (nSPS) is 15.9. The number of para-hydroxylation sites is 1. The fourth-order valence-corrected chi connectivity index (χ4v) is 4.56. The van der Waals surface area contributed by atoms with Crippen molar-refractivity contribution in [2.24, 2.45) is 5.41 Å². The van der Waals surface area contributed by atoms with Crippen LogP contribution in [0.5, 0.6) is 0 Å². The molecule has 1 aliphatic heterocycles. The molecular formula is C13H15NOTe. The first-order valence-electron chi connectivity index (χ1n) is 5.27. The predicted molar refractivity (Wildman–Crippen MR) is 68.0 cm³/mol. The summed E-state index contributed by atoms with van der Waals surface area (Å²) in [5.74, 6) is 0.0139. The van der Waals surface area contributed by atoms with Gasteiger partial charge >= 0.3 is 106 Å². The van der Waals surface area contributed by atoms with Gasteiger partial charge < -0.3 is 0 Å². The van der Waals surface area contributed by atoms with E-state index in [4.69, 9.17) is 0 Å². The average Bonchev–Trinajstić information content (AvgIpc) is 2.34. The fraction of sp³-hybridized carbons (Fsp3) is 0.308. The second-order valence-electron chi connectivity index (χ2n) is 4.85. The maximum atomic E-state index is 11.7. The van der Waals surface area contributed by atoms with Crippen LogP contribution in [0.1, 0.15) is 20.8 Å². The molecule has 1 amide bonds. The number of fused-ring (bicyclic) bond motifs is 1. The standard InChI is InChI=1S/C13H15NOTe/c1-13(2,3)11-8-12(15)14-9-6-4-5-7-10(9)16-11/h4-8H,1-3H3,(H,14,15). The van der Waals surface area contributed by atoms with Gasteiger partial charge in [0.15, 0.2) is 0 Å². The Bertz CT molecular complexity index is 457. The Balaban J connectivity index is 2.44. The summed E-state index contributed by atoms with van der Waals surface area (Å²) >= 11 is -0.435. The van der Waals surface area contributed by atoms with E-state index in [2.05, 4.69) is 32.2 Å². The number of carbonyl (C=O) groups is 1. The Morgan fingerprint density at radius 2 is 1.88 bits per heavy atom. The molecule has 2 rings (SSSR count). The molecule has 0 aromatic heterocycles. The fourth-order valence-electron chi connectivity index (χ4n) is 1.46. The number of anilines is 1. The van der Waals surface area contributed by atoms with E-state index in [1.54, 1.807) is 6.08 Å². The molecule has 1 N–H and O–H groups in total. The molecule has 2 nitrogen and oxygen atoms in total. The number of allylic oxidation sites excluding steroid dienone is 1. The summed E-state index contributed by atoms with van der Waals surface area (Å²) in [6.45, 7) is 6.51. The van der Waals surface area contributed by atoms with Crippen molar-refractivity contribution in [2.45, 2.75) is 20.8 Å². The number of rotatable bonds is 0. The molecule has 0 fully saturated rings. The average molecular weight is 329 g/mol. The summed E-state index contributed by atoms with van der Waals surface area (Å²) in [5, 5.41) is 2.94. The number of carbonyl (C=O) groups excluding carboxylic acids is 1. The minimum absolute atomic E-state index is 0.0139. The van der Waals surface area contributed by atoms with Crippen LogP contribution in [-0.4, -0.2) is 26.8 Å². The number of amides is 1. The van der Waals surface area contributed by atoms with E-state index in [9.17, 15) is 4.79 Å². The predicted octanol–water partition coefficient (Wildman–Crippen LogP) is 1.90. The summed E-state index contributed by atoms with van der Waals surface area (Å²) in [7, 11) is 0. The van der Waals surface area contributed by atoms with E-state index in [0.29, 0.717) is 0 Å². The molecular weight excluding hydrogens is 314 g/mol. The molecule has 1 aliphatic rings. The third-order valence-electron chi connectivity index (χ3n) is 2.37. The number of hydrogen-bond acceptors (Lipinski definition) is 1. The van der Waals surface area contributed by atoms with Crippen LogP contribution in [-0.2, 0) is 4.79 Å². The molecule has 0 atom stereocenters. The summed E-state index contributed by atoms with van der Waals surface area (Å²) in [6.07, 6.45) is 1.79. The SMILES string of the molecule is CC(C)(C)C1=CC(=O)Nc2ccccc2[Te]1. The summed E-state index contributed by atoms with van der Waals surface area (Å²) < 4.78 is 2.63. The van der Waals surface area contributed by atoms with Crippen molar-refractivity contribution in [3.63, 3.8) is 0 Å². The molecule has 3 heteroatoms. The Hall–Kier alpha value is -0.780. The van der Waals surface area contributed by atoms with E-state index >= 15 is 0 Å². The van der Waals surface area contributed by atoms with Crippen LogP contribution in [0.15, 0.2) is 34.0 Å². The molecule has 1 aromatic rings. The Morgan fingerprint density at radius 3 is 2.56 bits per heavy atom. The number of benzene rings is 1. The Labute approximate surface area is 106 Å². The van der Waals surface area contributed by atoms with Gasteiger partial charge in [0.1, 0.15) is 0 Å². The molecule has 84 valence electrons. The van der Waals surface area contributed by atoms with Crippen LogP contribution < -0.4 is 8.93 Å². The van der Waals surface area contributed by atoms with E-state index in [0.717, 1.165) is 5.69 Å². The van der Waals surface area contributed by atoms with Crippen molar-refractivity contribution in [1.29, 1.82) is 0 Å². The molecule has 1 heterocycles. The van der Waals surface area contributed by atoms with Crippen LogP contribution in [0, 0.1) is 5.41 Å². The third-order valence-corrected chi connectivity index (χ3v) is 6.72. The van der Waals surface area contributed by atoms with Gasteiger partial charge in [0.25, 0.3) is 0 Å². The monoisotopic (exact) mass is 331 g/mol. The van der Waals surface area contributed by atoms with Gasteiger partial charge in [0.2, 0.25) is 0 Å². The van der Waals surface area contributed by atoms with Gasteiger partial charge in [-0.25, -0.2) is 0 Å². The molecule has 1 aromatic carbocycles. The summed E-state index contributed by atoms with van der Waals surface area (Å²) in [5.41, 5.74) is 1.09. The number of nitrogens with one attached hydrogen (secondary N) is 1. The van der Waals surface area contributed by atoms with Gasteiger partial charge in [0.05, 0.1) is 0 Å². The van der Waals surface area contributed by atoms with Crippen LogP contribution in [0.4, 0.5) is 5.69 Å². The zero-order valence-corrected chi connectivity index (χ0v) is 12.0. The molecule has 0 saturated heterocycles. The summed E-state index contributed by atoms with van der Waals surface area (Å²) in [6, 6.07) is 8.12. The van der Waals surface area contributed by atoms with E-state index in [1.165, 1.54) is 7.23 Å². The first kappa shape index (κ1) is 11.7. The van der Waals surface area contributed by atoms with Gasteiger partial charge in [-0.2, -0.15) is 0 Å². The van der Waals surface area contributed by atoms with E-state index < -0.39 is 20.9 Å². The van der Waals surface area contributed by atoms with Gasteiger partial charge in [0, 0.05) is 0 Å². The molecule has 0 bridgehead atoms. The Kier molecular flexibility index (Phi) is 3.10. The van der Waals surface area contributed by atoms with E-state index in [1.807, 2.05) is 18.2 Å². The van der Waals surface area contributed by atoms with Crippen molar-refractivity contribution < 1.29 is 4.79 Å². The first-order valence-corrected chi connectivity index (χ1v) is 7.60. The van der Waals surface area contributed by atoms with Crippen LogP contribution >= 0.6 is 0 Å². The molecule has 0 unspecified atom stereocenters.